The third-order valence-electron chi connectivity index (χ3n) is 3.46. The van der Waals surface area contributed by atoms with Crippen LogP contribution in [0.5, 0.6) is 11.5 Å². The van der Waals surface area contributed by atoms with E-state index in [2.05, 4.69) is 0 Å². The molecule has 1 aliphatic rings. The SMILES string of the molecule is COc1ccc(C(=O)N2C[C@H](O)C[C@H]2C(=O)O)cc1OC. The molecule has 114 valence electrons. The molecule has 0 unspecified atom stereocenters. The van der Waals surface area contributed by atoms with Crippen molar-refractivity contribution in [1.82, 2.24) is 4.90 Å². The molecule has 0 aromatic heterocycles. The number of hydrogen-bond acceptors (Lipinski definition) is 5. The van der Waals surface area contributed by atoms with Gasteiger partial charge in [-0.05, 0) is 18.2 Å². The van der Waals surface area contributed by atoms with E-state index in [4.69, 9.17) is 14.6 Å². The summed E-state index contributed by atoms with van der Waals surface area (Å²) in [5.41, 5.74) is 0.285. The molecule has 0 radical (unpaired) electrons. The van der Waals surface area contributed by atoms with Gasteiger partial charge < -0.3 is 24.6 Å². The molecular formula is C14H17NO6. The number of likely N-dealkylation sites (tertiary alicyclic amines) is 1. The zero-order chi connectivity index (χ0) is 15.6. The van der Waals surface area contributed by atoms with Crippen molar-refractivity contribution >= 4 is 11.9 Å². The molecule has 2 rings (SSSR count). The smallest absolute Gasteiger partial charge is 0.326 e. The zero-order valence-corrected chi connectivity index (χ0v) is 11.8. The molecule has 0 saturated carbocycles. The Balaban J connectivity index is 2.29. The van der Waals surface area contributed by atoms with Crippen molar-refractivity contribution in [2.24, 2.45) is 0 Å². The summed E-state index contributed by atoms with van der Waals surface area (Å²) in [7, 11) is 2.93. The van der Waals surface area contributed by atoms with E-state index in [0.717, 1.165) is 4.90 Å². The average molecular weight is 295 g/mol. The number of aliphatic hydroxyl groups excluding tert-OH is 1. The number of methoxy groups -OCH3 is 2. The minimum atomic E-state index is -1.12. The summed E-state index contributed by atoms with van der Waals surface area (Å²) in [5.74, 6) is -0.722. The highest BCUT2D eigenvalue weighted by atomic mass is 16.5. The number of ether oxygens (including phenoxy) is 2. The summed E-state index contributed by atoms with van der Waals surface area (Å²) in [6.45, 7) is 0.00411. The van der Waals surface area contributed by atoms with Crippen LogP contribution in [0, 0.1) is 0 Å². The second kappa shape index (κ2) is 6.01. The van der Waals surface area contributed by atoms with Crippen molar-refractivity contribution in [2.45, 2.75) is 18.6 Å². The number of aliphatic hydroxyl groups is 1. The number of carbonyl (C=O) groups is 2. The summed E-state index contributed by atoms with van der Waals surface area (Å²) in [6.07, 6.45) is -0.788. The first-order chi connectivity index (χ1) is 9.97. The lowest BCUT2D eigenvalue weighted by atomic mass is 10.1. The molecule has 1 heterocycles. The van der Waals surface area contributed by atoms with Crippen LogP contribution in [-0.4, -0.2) is 59.9 Å². The van der Waals surface area contributed by atoms with Gasteiger partial charge in [0, 0.05) is 18.5 Å². The Morgan fingerprint density at radius 2 is 1.90 bits per heavy atom. The summed E-state index contributed by atoms with van der Waals surface area (Å²) < 4.78 is 10.2. The third-order valence-corrected chi connectivity index (χ3v) is 3.46. The lowest BCUT2D eigenvalue weighted by Crippen LogP contribution is -2.40. The van der Waals surface area contributed by atoms with E-state index >= 15 is 0 Å². The highest BCUT2D eigenvalue weighted by molar-refractivity contribution is 5.97. The van der Waals surface area contributed by atoms with Crippen LogP contribution in [0.1, 0.15) is 16.8 Å². The van der Waals surface area contributed by atoms with E-state index in [1.807, 2.05) is 0 Å². The van der Waals surface area contributed by atoms with Gasteiger partial charge >= 0.3 is 5.97 Å². The number of carboxylic acids is 1. The quantitative estimate of drug-likeness (QED) is 0.833. The second-order valence-electron chi connectivity index (χ2n) is 4.77. The topological polar surface area (TPSA) is 96.3 Å². The average Bonchev–Trinajstić information content (AvgIpc) is 2.88. The van der Waals surface area contributed by atoms with Crippen LogP contribution in [0.15, 0.2) is 18.2 Å². The highest BCUT2D eigenvalue weighted by Crippen LogP contribution is 2.29. The third kappa shape index (κ3) is 2.92. The minimum absolute atomic E-state index is 0.00411. The molecule has 21 heavy (non-hydrogen) atoms. The Bertz CT molecular complexity index is 558. The number of amides is 1. The molecule has 1 saturated heterocycles. The molecule has 1 aliphatic heterocycles. The molecular weight excluding hydrogens is 278 g/mol. The second-order valence-corrected chi connectivity index (χ2v) is 4.77. The van der Waals surface area contributed by atoms with Crippen molar-refractivity contribution < 1.29 is 29.3 Å². The molecule has 1 fully saturated rings. The van der Waals surface area contributed by atoms with Gasteiger partial charge in [-0.2, -0.15) is 0 Å². The largest absolute Gasteiger partial charge is 0.493 e. The van der Waals surface area contributed by atoms with Crippen LogP contribution < -0.4 is 9.47 Å². The zero-order valence-electron chi connectivity index (χ0n) is 11.8. The minimum Gasteiger partial charge on any atom is -0.493 e. The summed E-state index contributed by atoms with van der Waals surface area (Å²) in [4.78, 5) is 24.8. The monoisotopic (exact) mass is 295 g/mol. The van der Waals surface area contributed by atoms with E-state index < -0.39 is 24.0 Å². The van der Waals surface area contributed by atoms with E-state index in [1.165, 1.54) is 26.4 Å². The molecule has 2 atom stereocenters. The fourth-order valence-electron chi connectivity index (χ4n) is 2.41. The first kappa shape index (κ1) is 15.1. The van der Waals surface area contributed by atoms with Crippen LogP contribution >= 0.6 is 0 Å². The summed E-state index contributed by atoms with van der Waals surface area (Å²) in [6, 6.07) is 3.59. The van der Waals surface area contributed by atoms with Crippen LogP contribution in [0.2, 0.25) is 0 Å². The Morgan fingerprint density at radius 3 is 2.48 bits per heavy atom. The maximum Gasteiger partial charge on any atom is 0.326 e. The van der Waals surface area contributed by atoms with Gasteiger partial charge in [0.25, 0.3) is 5.91 Å². The predicted octanol–water partition coefficient (Wildman–Crippen LogP) is 0.364. The molecule has 0 spiro atoms. The van der Waals surface area contributed by atoms with Crippen LogP contribution in [0.3, 0.4) is 0 Å². The number of carbonyl (C=O) groups excluding carboxylic acids is 1. The van der Waals surface area contributed by atoms with Crippen LogP contribution in [-0.2, 0) is 4.79 Å². The van der Waals surface area contributed by atoms with E-state index in [1.54, 1.807) is 6.07 Å². The first-order valence-corrected chi connectivity index (χ1v) is 6.41. The van der Waals surface area contributed by atoms with Crippen molar-refractivity contribution in [3.63, 3.8) is 0 Å². The number of benzene rings is 1. The lowest BCUT2D eigenvalue weighted by Gasteiger charge is -2.21. The lowest BCUT2D eigenvalue weighted by molar-refractivity contribution is -0.141. The van der Waals surface area contributed by atoms with Gasteiger partial charge in [0.15, 0.2) is 11.5 Å². The molecule has 7 heteroatoms. The van der Waals surface area contributed by atoms with E-state index in [0.29, 0.717) is 11.5 Å². The van der Waals surface area contributed by atoms with Gasteiger partial charge in [0.1, 0.15) is 6.04 Å². The fraction of sp³-hybridized carbons (Fsp3) is 0.429. The number of hydrogen-bond donors (Lipinski definition) is 2. The molecule has 0 bridgehead atoms. The molecule has 1 aromatic rings. The normalized spacial score (nSPS) is 21.2. The number of aliphatic carboxylic acids is 1. The van der Waals surface area contributed by atoms with E-state index in [9.17, 15) is 14.7 Å². The molecule has 7 nitrogen and oxygen atoms in total. The summed E-state index contributed by atoms with van der Waals surface area (Å²) >= 11 is 0. The Hall–Kier alpha value is -2.28. The van der Waals surface area contributed by atoms with Gasteiger partial charge in [-0.1, -0.05) is 0 Å². The predicted molar refractivity (Wildman–Crippen MR) is 72.6 cm³/mol. The Kier molecular flexibility index (Phi) is 4.32. The first-order valence-electron chi connectivity index (χ1n) is 6.41. The van der Waals surface area contributed by atoms with Gasteiger partial charge in [-0.3, -0.25) is 4.79 Å². The van der Waals surface area contributed by atoms with Gasteiger partial charge in [0.05, 0.1) is 20.3 Å². The van der Waals surface area contributed by atoms with Gasteiger partial charge in [-0.25, -0.2) is 4.79 Å². The van der Waals surface area contributed by atoms with Crippen molar-refractivity contribution in [2.75, 3.05) is 20.8 Å². The number of carboxylic acid groups (broad SMARTS) is 1. The van der Waals surface area contributed by atoms with Crippen LogP contribution in [0.25, 0.3) is 0 Å². The van der Waals surface area contributed by atoms with Crippen molar-refractivity contribution in [3.05, 3.63) is 23.8 Å². The number of nitrogens with zero attached hydrogens (tertiary/aromatic N) is 1. The number of β-amino-alcohol motifs (C(OH)–C–C–N with tert-alkyl or cyclic N) is 1. The maximum absolute atomic E-state index is 12.4. The Morgan fingerprint density at radius 1 is 1.24 bits per heavy atom. The Labute approximate surface area is 121 Å². The number of rotatable bonds is 4. The fourth-order valence-corrected chi connectivity index (χ4v) is 2.41. The van der Waals surface area contributed by atoms with Gasteiger partial charge in [0.2, 0.25) is 0 Å². The van der Waals surface area contributed by atoms with Crippen molar-refractivity contribution in [1.29, 1.82) is 0 Å². The molecule has 0 aliphatic carbocycles. The molecule has 1 aromatic carbocycles. The molecule has 1 amide bonds. The maximum atomic E-state index is 12.4. The molecule has 2 N–H and O–H groups in total. The van der Waals surface area contributed by atoms with E-state index in [-0.39, 0.29) is 18.5 Å². The highest BCUT2D eigenvalue weighted by Gasteiger charge is 2.39. The summed E-state index contributed by atoms with van der Waals surface area (Å²) in [5, 5.41) is 18.7. The van der Waals surface area contributed by atoms with Crippen LogP contribution in [0.4, 0.5) is 0 Å². The van der Waals surface area contributed by atoms with Crippen molar-refractivity contribution in [3.8, 4) is 11.5 Å². The van der Waals surface area contributed by atoms with Gasteiger partial charge in [-0.15, -0.1) is 0 Å². The standard InChI is InChI=1S/C14H17NO6/c1-20-11-4-3-8(5-12(11)21-2)13(17)15-7-9(16)6-10(15)14(18)19/h3-5,9-10,16H,6-7H2,1-2H3,(H,18,19)/t9-,10+/m1/s1.